The Morgan fingerprint density at radius 1 is 1.47 bits per heavy atom. The fraction of sp³-hybridized carbons (Fsp3) is 0.286. The lowest BCUT2D eigenvalue weighted by Gasteiger charge is -2.28. The Bertz CT molecular complexity index is 573. The Balaban J connectivity index is 1.73. The van der Waals surface area contributed by atoms with Gasteiger partial charge in [0.2, 0.25) is 0 Å². The van der Waals surface area contributed by atoms with Gasteiger partial charge in [-0.05, 0) is 24.5 Å². The van der Waals surface area contributed by atoms with Crippen molar-refractivity contribution < 1.29 is 4.79 Å². The normalized spacial score (nSPS) is 17.4. The minimum Gasteiger partial charge on any atom is -0.299 e. The molecule has 1 heterocycles. The topological polar surface area (TPSA) is 30.0 Å². The first-order valence-corrected chi connectivity index (χ1v) is 6.63. The lowest BCUT2D eigenvalue weighted by molar-refractivity contribution is -0.120. The van der Waals surface area contributed by atoms with Crippen LogP contribution < -0.4 is 0 Å². The van der Waals surface area contributed by atoms with Crippen molar-refractivity contribution in [3.05, 3.63) is 51.5 Å². The maximum atomic E-state index is 12.1. The smallest absolute Gasteiger partial charge is 0.146 e. The Kier molecular flexibility index (Phi) is 2.56. The average Bonchev–Trinajstić information content (AvgIpc) is 2.66. The standard InChI is InChI=1S/C14H13NOS/c1-9-15-11(8-17-9)7-14(16)13-6-10-4-2-3-5-12(10)13/h2-5,8,13H,6-7H2,1H3. The molecular formula is C14H13NOS. The van der Waals surface area contributed by atoms with Gasteiger partial charge in [-0.25, -0.2) is 4.98 Å². The highest BCUT2D eigenvalue weighted by Crippen LogP contribution is 2.36. The molecule has 1 aliphatic rings. The molecule has 0 radical (unpaired) electrons. The van der Waals surface area contributed by atoms with Crippen LogP contribution in [0.25, 0.3) is 0 Å². The number of rotatable bonds is 3. The molecule has 1 aromatic heterocycles. The largest absolute Gasteiger partial charge is 0.299 e. The summed E-state index contributed by atoms with van der Waals surface area (Å²) < 4.78 is 0. The first-order valence-electron chi connectivity index (χ1n) is 5.75. The predicted octanol–water partition coefficient (Wildman–Crippen LogP) is 2.90. The van der Waals surface area contributed by atoms with Gasteiger partial charge in [-0.3, -0.25) is 4.79 Å². The first-order chi connectivity index (χ1) is 8.24. The molecule has 2 aromatic rings. The van der Waals surface area contributed by atoms with Crippen LogP contribution in [0, 0.1) is 6.92 Å². The SMILES string of the molecule is Cc1nc(CC(=O)C2Cc3ccccc32)cs1. The van der Waals surface area contributed by atoms with Crippen molar-refractivity contribution in [3.63, 3.8) is 0 Å². The van der Waals surface area contributed by atoms with Crippen LogP contribution in [0.1, 0.15) is 27.7 Å². The van der Waals surface area contributed by atoms with Crippen LogP contribution in [0.5, 0.6) is 0 Å². The number of Topliss-reactive ketones (excluding diaryl/α,β-unsaturated/α-hetero) is 1. The molecule has 0 amide bonds. The summed E-state index contributed by atoms with van der Waals surface area (Å²) in [6.07, 6.45) is 1.38. The molecule has 0 fully saturated rings. The Hall–Kier alpha value is -1.48. The molecule has 0 saturated heterocycles. The lowest BCUT2D eigenvalue weighted by Crippen LogP contribution is -2.26. The zero-order chi connectivity index (χ0) is 11.8. The molecule has 0 N–H and O–H groups in total. The highest BCUT2D eigenvalue weighted by atomic mass is 32.1. The number of nitrogens with zero attached hydrogens (tertiary/aromatic N) is 1. The Morgan fingerprint density at radius 2 is 2.29 bits per heavy atom. The fourth-order valence-corrected chi connectivity index (χ4v) is 2.95. The summed E-state index contributed by atoms with van der Waals surface area (Å²) in [6, 6.07) is 8.20. The van der Waals surface area contributed by atoms with Crippen molar-refractivity contribution in [2.24, 2.45) is 0 Å². The van der Waals surface area contributed by atoms with Gasteiger partial charge in [-0.2, -0.15) is 0 Å². The number of carbonyl (C=O) groups is 1. The van der Waals surface area contributed by atoms with E-state index in [9.17, 15) is 4.79 Å². The summed E-state index contributed by atoms with van der Waals surface area (Å²) in [5.41, 5.74) is 3.45. The van der Waals surface area contributed by atoms with E-state index in [0.29, 0.717) is 12.2 Å². The van der Waals surface area contributed by atoms with Crippen molar-refractivity contribution in [1.29, 1.82) is 0 Å². The van der Waals surface area contributed by atoms with Crippen LogP contribution >= 0.6 is 11.3 Å². The van der Waals surface area contributed by atoms with E-state index in [0.717, 1.165) is 17.1 Å². The van der Waals surface area contributed by atoms with E-state index < -0.39 is 0 Å². The van der Waals surface area contributed by atoms with E-state index in [2.05, 4.69) is 17.1 Å². The zero-order valence-electron chi connectivity index (χ0n) is 9.64. The van der Waals surface area contributed by atoms with E-state index in [1.54, 1.807) is 11.3 Å². The number of aromatic nitrogens is 1. The minimum atomic E-state index is 0.105. The van der Waals surface area contributed by atoms with Crippen molar-refractivity contribution in [2.45, 2.75) is 25.7 Å². The first kappa shape index (κ1) is 10.7. The summed E-state index contributed by atoms with van der Waals surface area (Å²) in [5.74, 6) is 0.405. The second-order valence-electron chi connectivity index (χ2n) is 4.46. The summed E-state index contributed by atoms with van der Waals surface area (Å²) in [7, 11) is 0. The zero-order valence-corrected chi connectivity index (χ0v) is 10.5. The molecule has 3 heteroatoms. The third-order valence-corrected chi connectivity index (χ3v) is 4.09. The minimum absolute atomic E-state index is 0.105. The molecule has 1 atom stereocenters. The van der Waals surface area contributed by atoms with Gasteiger partial charge in [0.1, 0.15) is 5.78 Å². The number of thiazole rings is 1. The summed E-state index contributed by atoms with van der Waals surface area (Å²) in [4.78, 5) is 16.5. The monoisotopic (exact) mass is 243 g/mol. The molecule has 2 nitrogen and oxygen atoms in total. The molecule has 0 bridgehead atoms. The highest BCUT2D eigenvalue weighted by Gasteiger charge is 2.31. The van der Waals surface area contributed by atoms with Gasteiger partial charge in [0.15, 0.2) is 0 Å². The van der Waals surface area contributed by atoms with Gasteiger partial charge in [0.05, 0.1) is 17.1 Å². The number of carbonyl (C=O) groups excluding carboxylic acids is 1. The van der Waals surface area contributed by atoms with Crippen molar-refractivity contribution in [3.8, 4) is 0 Å². The van der Waals surface area contributed by atoms with Gasteiger partial charge in [0.25, 0.3) is 0 Å². The van der Waals surface area contributed by atoms with Gasteiger partial charge in [-0.15, -0.1) is 11.3 Å². The van der Waals surface area contributed by atoms with E-state index in [-0.39, 0.29) is 5.92 Å². The van der Waals surface area contributed by atoms with E-state index in [4.69, 9.17) is 0 Å². The Labute approximate surface area is 104 Å². The van der Waals surface area contributed by atoms with Gasteiger partial charge >= 0.3 is 0 Å². The second kappa shape index (κ2) is 4.08. The summed E-state index contributed by atoms with van der Waals surface area (Å²) in [6.45, 7) is 1.97. The average molecular weight is 243 g/mol. The maximum absolute atomic E-state index is 12.1. The lowest BCUT2D eigenvalue weighted by atomic mass is 9.74. The van der Waals surface area contributed by atoms with E-state index in [1.165, 1.54) is 11.1 Å². The van der Waals surface area contributed by atoms with Crippen molar-refractivity contribution >= 4 is 17.1 Å². The number of benzene rings is 1. The van der Waals surface area contributed by atoms with Crippen LogP contribution in [-0.4, -0.2) is 10.8 Å². The van der Waals surface area contributed by atoms with Gasteiger partial charge in [0, 0.05) is 11.3 Å². The number of hydrogen-bond acceptors (Lipinski definition) is 3. The third kappa shape index (κ3) is 1.91. The van der Waals surface area contributed by atoms with Crippen LogP contribution in [0.4, 0.5) is 0 Å². The molecule has 3 rings (SSSR count). The molecule has 1 aliphatic carbocycles. The summed E-state index contributed by atoms with van der Waals surface area (Å²) >= 11 is 1.61. The number of fused-ring (bicyclic) bond motifs is 1. The van der Waals surface area contributed by atoms with Gasteiger partial charge < -0.3 is 0 Å². The van der Waals surface area contributed by atoms with E-state index >= 15 is 0 Å². The van der Waals surface area contributed by atoms with Crippen molar-refractivity contribution in [1.82, 2.24) is 4.98 Å². The van der Waals surface area contributed by atoms with E-state index in [1.807, 2.05) is 24.4 Å². The Morgan fingerprint density at radius 3 is 3.00 bits per heavy atom. The highest BCUT2D eigenvalue weighted by molar-refractivity contribution is 7.09. The van der Waals surface area contributed by atoms with Crippen LogP contribution in [0.15, 0.2) is 29.6 Å². The third-order valence-electron chi connectivity index (χ3n) is 3.27. The predicted molar refractivity (Wildman–Crippen MR) is 68.4 cm³/mol. The molecule has 0 saturated carbocycles. The quantitative estimate of drug-likeness (QED) is 0.829. The van der Waals surface area contributed by atoms with Crippen molar-refractivity contribution in [2.75, 3.05) is 0 Å². The maximum Gasteiger partial charge on any atom is 0.146 e. The molecule has 17 heavy (non-hydrogen) atoms. The molecule has 0 spiro atoms. The van der Waals surface area contributed by atoms with Crippen LogP contribution in [-0.2, 0) is 17.6 Å². The molecule has 0 aliphatic heterocycles. The van der Waals surface area contributed by atoms with Crippen LogP contribution in [0.2, 0.25) is 0 Å². The molecular weight excluding hydrogens is 230 g/mol. The number of aryl methyl sites for hydroxylation is 1. The molecule has 1 aromatic carbocycles. The number of ketones is 1. The second-order valence-corrected chi connectivity index (χ2v) is 5.52. The molecule has 1 unspecified atom stereocenters. The van der Waals surface area contributed by atoms with Gasteiger partial charge in [-0.1, -0.05) is 24.3 Å². The summed E-state index contributed by atoms with van der Waals surface area (Å²) in [5, 5.41) is 3.01. The molecule has 86 valence electrons. The van der Waals surface area contributed by atoms with Crippen LogP contribution in [0.3, 0.4) is 0 Å². The number of hydrogen-bond donors (Lipinski definition) is 0. The fourth-order valence-electron chi connectivity index (χ4n) is 2.34.